The number of carbonyl (C=O) groups is 1. The van der Waals surface area contributed by atoms with Gasteiger partial charge in [0.2, 0.25) is 15.9 Å². The molecule has 0 saturated heterocycles. The Morgan fingerprint density at radius 3 is 2.46 bits per heavy atom. The Balaban J connectivity index is 1.95. The molecule has 1 aromatic heterocycles. The molecule has 0 bridgehead atoms. The molecule has 1 atom stereocenters. The average molecular weight is 394 g/mol. The lowest BCUT2D eigenvalue weighted by atomic mass is 10.2. The normalized spacial score (nSPS) is 13.2. The lowest BCUT2D eigenvalue weighted by Crippen LogP contribution is -2.33. The Labute approximate surface area is 158 Å². The number of nitrogens with zero attached hydrogens (tertiary/aromatic N) is 1. The Bertz CT molecular complexity index is 842. The molecule has 0 radical (unpaired) electrons. The molecule has 1 heterocycles. The number of benzene rings is 1. The maximum Gasteiger partial charge on any atom is 0.244 e. The smallest absolute Gasteiger partial charge is 0.244 e. The maximum absolute atomic E-state index is 12.1. The third-order valence-electron chi connectivity index (χ3n) is 3.85. The molecule has 1 unspecified atom stereocenters. The SMILES string of the molecule is CNS(=O)(=O)c1ccc(/C=C/C(=O)NCC(c2cccs2)N(C)C)cc1. The van der Waals surface area contributed by atoms with Gasteiger partial charge in [0.1, 0.15) is 0 Å². The fourth-order valence-corrected chi connectivity index (χ4v) is 3.98. The second kappa shape index (κ2) is 9.09. The first-order valence-electron chi connectivity index (χ1n) is 8.03. The standard InChI is InChI=1S/C18H23N3O3S2/c1-19-26(23,24)15-9-6-14(7-10-15)8-11-18(22)20-13-16(21(2)3)17-5-4-12-25-17/h4-12,16,19H,13H2,1-3H3,(H,20,22)/b11-8+. The van der Waals surface area contributed by atoms with Gasteiger partial charge in [-0.2, -0.15) is 0 Å². The van der Waals surface area contributed by atoms with E-state index in [-0.39, 0.29) is 16.8 Å². The van der Waals surface area contributed by atoms with Gasteiger partial charge in [-0.3, -0.25) is 4.79 Å². The monoisotopic (exact) mass is 393 g/mol. The van der Waals surface area contributed by atoms with E-state index in [4.69, 9.17) is 0 Å². The topological polar surface area (TPSA) is 78.5 Å². The van der Waals surface area contributed by atoms with Crippen molar-refractivity contribution in [2.45, 2.75) is 10.9 Å². The summed E-state index contributed by atoms with van der Waals surface area (Å²) in [5.41, 5.74) is 0.748. The van der Waals surface area contributed by atoms with E-state index < -0.39 is 10.0 Å². The van der Waals surface area contributed by atoms with Gasteiger partial charge in [-0.05, 0) is 56.4 Å². The highest BCUT2D eigenvalue weighted by molar-refractivity contribution is 7.89. The second-order valence-corrected chi connectivity index (χ2v) is 8.72. The van der Waals surface area contributed by atoms with E-state index in [0.29, 0.717) is 6.54 Å². The molecule has 0 aliphatic rings. The predicted molar refractivity (Wildman–Crippen MR) is 105 cm³/mol. The van der Waals surface area contributed by atoms with E-state index in [1.165, 1.54) is 30.1 Å². The van der Waals surface area contributed by atoms with Crippen molar-refractivity contribution in [3.63, 3.8) is 0 Å². The van der Waals surface area contributed by atoms with Crippen molar-refractivity contribution in [3.05, 3.63) is 58.3 Å². The maximum atomic E-state index is 12.1. The minimum Gasteiger partial charge on any atom is -0.351 e. The van der Waals surface area contributed by atoms with Crippen LogP contribution >= 0.6 is 11.3 Å². The number of carbonyl (C=O) groups excluding carboxylic acids is 1. The molecule has 0 aliphatic carbocycles. The van der Waals surface area contributed by atoms with Crippen molar-refractivity contribution in [2.75, 3.05) is 27.7 Å². The van der Waals surface area contributed by atoms with Crippen LogP contribution in [0.15, 0.2) is 52.7 Å². The third kappa shape index (κ3) is 5.50. The molecule has 2 rings (SSSR count). The highest BCUT2D eigenvalue weighted by Gasteiger charge is 2.15. The summed E-state index contributed by atoms with van der Waals surface area (Å²) in [5, 5.41) is 4.92. The Hall–Kier alpha value is -2.00. The number of nitrogens with one attached hydrogen (secondary N) is 2. The van der Waals surface area contributed by atoms with Crippen molar-refractivity contribution in [3.8, 4) is 0 Å². The van der Waals surface area contributed by atoms with E-state index in [9.17, 15) is 13.2 Å². The third-order valence-corrected chi connectivity index (χ3v) is 6.25. The molecule has 6 nitrogen and oxygen atoms in total. The van der Waals surface area contributed by atoms with Gasteiger partial charge in [0.25, 0.3) is 0 Å². The van der Waals surface area contributed by atoms with Crippen LogP contribution < -0.4 is 10.0 Å². The van der Waals surface area contributed by atoms with Crippen LogP contribution in [0.5, 0.6) is 0 Å². The van der Waals surface area contributed by atoms with Gasteiger partial charge in [0, 0.05) is 17.5 Å². The number of rotatable bonds is 8. The van der Waals surface area contributed by atoms with Gasteiger partial charge in [-0.1, -0.05) is 18.2 Å². The van der Waals surface area contributed by atoms with Gasteiger partial charge in [0.15, 0.2) is 0 Å². The molecular weight excluding hydrogens is 370 g/mol. The molecule has 0 saturated carbocycles. The van der Waals surface area contributed by atoms with E-state index in [0.717, 1.165) is 5.56 Å². The number of sulfonamides is 1. The van der Waals surface area contributed by atoms with Crippen LogP contribution in [0, 0.1) is 0 Å². The molecule has 0 fully saturated rings. The zero-order chi connectivity index (χ0) is 19.2. The summed E-state index contributed by atoms with van der Waals surface area (Å²) in [7, 11) is 1.87. The molecular formula is C18H23N3O3S2. The average Bonchev–Trinajstić information content (AvgIpc) is 3.14. The summed E-state index contributed by atoms with van der Waals surface area (Å²) in [6.45, 7) is 0.510. The van der Waals surface area contributed by atoms with Crippen molar-refractivity contribution in [1.29, 1.82) is 0 Å². The molecule has 1 aromatic carbocycles. The van der Waals surface area contributed by atoms with Crippen LogP contribution in [0.25, 0.3) is 6.08 Å². The highest BCUT2D eigenvalue weighted by Crippen LogP contribution is 2.22. The number of hydrogen-bond donors (Lipinski definition) is 2. The summed E-state index contributed by atoms with van der Waals surface area (Å²) in [6.07, 6.45) is 3.10. The van der Waals surface area contributed by atoms with E-state index >= 15 is 0 Å². The number of thiophene rings is 1. The number of amides is 1. The zero-order valence-electron chi connectivity index (χ0n) is 15.0. The van der Waals surface area contributed by atoms with Gasteiger partial charge < -0.3 is 10.2 Å². The lowest BCUT2D eigenvalue weighted by molar-refractivity contribution is -0.116. The highest BCUT2D eigenvalue weighted by atomic mass is 32.2. The molecule has 0 aliphatic heterocycles. The lowest BCUT2D eigenvalue weighted by Gasteiger charge is -2.23. The first-order valence-corrected chi connectivity index (χ1v) is 10.4. The van der Waals surface area contributed by atoms with Gasteiger partial charge >= 0.3 is 0 Å². The van der Waals surface area contributed by atoms with Crippen LogP contribution in [0.4, 0.5) is 0 Å². The summed E-state index contributed by atoms with van der Waals surface area (Å²) >= 11 is 1.66. The first-order chi connectivity index (χ1) is 12.3. The van der Waals surface area contributed by atoms with Crippen LogP contribution in [0.1, 0.15) is 16.5 Å². The van der Waals surface area contributed by atoms with Crippen LogP contribution in [0.2, 0.25) is 0 Å². The minimum absolute atomic E-state index is 0.124. The number of likely N-dealkylation sites (N-methyl/N-ethyl adjacent to an activating group) is 1. The molecule has 1 amide bonds. The first kappa shape index (κ1) is 20.3. The molecule has 2 aromatic rings. The van der Waals surface area contributed by atoms with Crippen LogP contribution in [-0.4, -0.2) is 46.9 Å². The summed E-state index contributed by atoms with van der Waals surface area (Å²) < 4.78 is 25.6. The fraction of sp³-hybridized carbons (Fsp3) is 0.278. The summed E-state index contributed by atoms with van der Waals surface area (Å²) in [4.78, 5) is 15.5. The predicted octanol–water partition coefficient (Wildman–Crippen LogP) is 2.09. The van der Waals surface area contributed by atoms with Crippen molar-refractivity contribution >= 4 is 33.3 Å². The molecule has 26 heavy (non-hydrogen) atoms. The van der Waals surface area contributed by atoms with Gasteiger partial charge in [-0.15, -0.1) is 11.3 Å². The van der Waals surface area contributed by atoms with Crippen molar-refractivity contribution < 1.29 is 13.2 Å². The summed E-state index contributed by atoms with van der Waals surface area (Å²) in [6, 6.07) is 10.5. The summed E-state index contributed by atoms with van der Waals surface area (Å²) in [5.74, 6) is -0.194. The Kier molecular flexibility index (Phi) is 7.10. The minimum atomic E-state index is -3.45. The molecule has 2 N–H and O–H groups in total. The molecule has 0 spiro atoms. The van der Waals surface area contributed by atoms with Crippen molar-refractivity contribution in [2.24, 2.45) is 0 Å². The number of hydrogen-bond acceptors (Lipinski definition) is 5. The van der Waals surface area contributed by atoms with E-state index in [1.807, 2.05) is 25.5 Å². The van der Waals surface area contributed by atoms with Gasteiger partial charge in [-0.25, -0.2) is 13.1 Å². The van der Waals surface area contributed by atoms with Gasteiger partial charge in [0.05, 0.1) is 10.9 Å². The Morgan fingerprint density at radius 1 is 1.23 bits per heavy atom. The van der Waals surface area contributed by atoms with E-state index in [2.05, 4.69) is 21.0 Å². The van der Waals surface area contributed by atoms with E-state index in [1.54, 1.807) is 29.5 Å². The quantitative estimate of drug-likeness (QED) is 0.673. The zero-order valence-corrected chi connectivity index (χ0v) is 16.6. The largest absolute Gasteiger partial charge is 0.351 e. The van der Waals surface area contributed by atoms with Crippen LogP contribution in [-0.2, 0) is 14.8 Å². The van der Waals surface area contributed by atoms with Crippen LogP contribution in [0.3, 0.4) is 0 Å². The second-order valence-electron chi connectivity index (χ2n) is 5.85. The fourth-order valence-electron chi connectivity index (χ4n) is 2.32. The Morgan fingerprint density at radius 2 is 1.92 bits per heavy atom. The van der Waals surface area contributed by atoms with Crippen molar-refractivity contribution in [1.82, 2.24) is 14.9 Å². The molecule has 140 valence electrons. The molecule has 8 heteroatoms.